The van der Waals surface area contributed by atoms with Crippen LogP contribution >= 0.6 is 0 Å². The smallest absolute Gasteiger partial charge is 0.103 e. The lowest BCUT2D eigenvalue weighted by Crippen LogP contribution is -2.40. The molecule has 2 aromatic heterocycles. The van der Waals surface area contributed by atoms with Gasteiger partial charge in [0.05, 0.1) is 18.3 Å². The number of H-pyrrole nitrogens is 1. The first-order chi connectivity index (χ1) is 14.7. The maximum Gasteiger partial charge on any atom is 0.103 e. The number of benzene rings is 1. The standard InChI is InChI=1S/C24H31N5O/c1-15-6-23-22(24(27-26-23)19-10-25-28(2)11-19)9-21(15)16-7-17-12-29(13-18(17)8-16)20-4-3-5-30-14-20/h6,9-11,16-18,20H,3-5,7-8,12-14H2,1-2H3,(H,26,27)/t16?,17-,18+,20?. The molecule has 158 valence electrons. The number of hydrogen-bond donors (Lipinski definition) is 1. The number of nitrogens with one attached hydrogen (secondary N) is 1. The fraction of sp³-hybridized carbons (Fsp3) is 0.583. The van der Waals surface area contributed by atoms with Crippen LogP contribution in [0.1, 0.15) is 42.7 Å². The summed E-state index contributed by atoms with van der Waals surface area (Å²) in [5.41, 5.74) is 6.13. The van der Waals surface area contributed by atoms with Crippen LogP contribution < -0.4 is 0 Å². The zero-order valence-corrected chi connectivity index (χ0v) is 18.0. The Hall–Kier alpha value is -2.18. The molecule has 3 aliphatic rings. The quantitative estimate of drug-likeness (QED) is 0.719. The molecule has 2 saturated heterocycles. The van der Waals surface area contributed by atoms with E-state index in [0.29, 0.717) is 12.0 Å². The topological polar surface area (TPSA) is 59.0 Å². The molecule has 30 heavy (non-hydrogen) atoms. The van der Waals surface area contributed by atoms with Crippen LogP contribution in [-0.4, -0.2) is 57.2 Å². The van der Waals surface area contributed by atoms with Crippen LogP contribution in [0, 0.1) is 18.8 Å². The molecule has 1 aromatic carbocycles. The Morgan fingerprint density at radius 2 is 2.00 bits per heavy atom. The number of nitrogens with zero attached hydrogens (tertiary/aromatic N) is 4. The van der Waals surface area contributed by atoms with E-state index in [9.17, 15) is 0 Å². The molecule has 0 amide bonds. The molecule has 0 radical (unpaired) electrons. The van der Waals surface area contributed by atoms with E-state index in [1.807, 2.05) is 24.1 Å². The summed E-state index contributed by atoms with van der Waals surface area (Å²) in [5.74, 6) is 2.36. The second-order valence-electron chi connectivity index (χ2n) is 9.74. The Morgan fingerprint density at radius 3 is 2.70 bits per heavy atom. The first-order valence-corrected chi connectivity index (χ1v) is 11.4. The zero-order chi connectivity index (χ0) is 20.2. The molecular weight excluding hydrogens is 374 g/mol. The van der Waals surface area contributed by atoms with E-state index in [4.69, 9.17) is 4.74 Å². The van der Waals surface area contributed by atoms with E-state index in [-0.39, 0.29) is 0 Å². The van der Waals surface area contributed by atoms with Gasteiger partial charge in [-0.05, 0) is 73.6 Å². The molecule has 2 aliphatic heterocycles. The van der Waals surface area contributed by atoms with Gasteiger partial charge in [0.1, 0.15) is 5.69 Å². The Labute approximate surface area is 177 Å². The molecule has 1 aliphatic carbocycles. The highest BCUT2D eigenvalue weighted by Gasteiger charge is 2.43. The van der Waals surface area contributed by atoms with Gasteiger partial charge in [0.25, 0.3) is 0 Å². The Bertz CT molecular complexity index is 1050. The van der Waals surface area contributed by atoms with E-state index >= 15 is 0 Å². The van der Waals surface area contributed by atoms with Gasteiger partial charge in [-0.2, -0.15) is 10.2 Å². The molecule has 0 bridgehead atoms. The lowest BCUT2D eigenvalue weighted by molar-refractivity contribution is 0.0238. The van der Waals surface area contributed by atoms with E-state index in [1.54, 1.807) is 0 Å². The Kier molecular flexibility index (Phi) is 4.46. The number of hydrogen-bond acceptors (Lipinski definition) is 4. The number of ether oxygens (including phenoxy) is 1. The fourth-order valence-corrected chi connectivity index (χ4v) is 6.29. The van der Waals surface area contributed by atoms with Crippen molar-refractivity contribution in [1.29, 1.82) is 0 Å². The Balaban J connectivity index is 1.24. The van der Waals surface area contributed by atoms with Gasteiger partial charge in [0.2, 0.25) is 0 Å². The van der Waals surface area contributed by atoms with Gasteiger partial charge in [0, 0.05) is 49.9 Å². The molecule has 4 atom stereocenters. The van der Waals surface area contributed by atoms with Crippen LogP contribution in [0.3, 0.4) is 0 Å². The third-order valence-electron chi connectivity index (χ3n) is 7.80. The van der Waals surface area contributed by atoms with Crippen LogP contribution in [0.2, 0.25) is 0 Å². The summed E-state index contributed by atoms with van der Waals surface area (Å²) >= 11 is 0. The number of likely N-dealkylation sites (tertiary alicyclic amines) is 1. The molecule has 1 N–H and O–H groups in total. The number of aryl methyl sites for hydroxylation is 2. The summed E-state index contributed by atoms with van der Waals surface area (Å²) in [5, 5.41) is 13.4. The van der Waals surface area contributed by atoms with Gasteiger partial charge in [-0.1, -0.05) is 0 Å². The molecule has 3 fully saturated rings. The van der Waals surface area contributed by atoms with Gasteiger partial charge >= 0.3 is 0 Å². The SMILES string of the molecule is Cc1cc2[nH]nc(-c3cnn(C)c3)c2cc1C1C[C@@H]2CN(C3CCCOC3)C[C@@H]2C1. The van der Waals surface area contributed by atoms with Crippen molar-refractivity contribution in [2.24, 2.45) is 18.9 Å². The van der Waals surface area contributed by atoms with E-state index in [0.717, 1.165) is 41.8 Å². The van der Waals surface area contributed by atoms with Crippen molar-refractivity contribution in [1.82, 2.24) is 24.9 Å². The molecule has 3 aromatic rings. The van der Waals surface area contributed by atoms with Gasteiger partial charge in [-0.3, -0.25) is 14.7 Å². The summed E-state index contributed by atoms with van der Waals surface area (Å²) in [6.07, 6.45) is 9.12. The third kappa shape index (κ3) is 3.08. The van der Waals surface area contributed by atoms with Gasteiger partial charge in [0.15, 0.2) is 0 Å². The molecule has 6 rings (SSSR count). The molecule has 1 saturated carbocycles. The Morgan fingerprint density at radius 1 is 1.17 bits per heavy atom. The van der Waals surface area contributed by atoms with Crippen molar-refractivity contribution in [2.75, 3.05) is 26.3 Å². The average molecular weight is 406 g/mol. The van der Waals surface area contributed by atoms with Crippen LogP contribution in [0.25, 0.3) is 22.2 Å². The van der Waals surface area contributed by atoms with Gasteiger partial charge in [-0.25, -0.2) is 0 Å². The molecule has 6 nitrogen and oxygen atoms in total. The predicted octanol–water partition coefficient (Wildman–Crippen LogP) is 3.88. The van der Waals surface area contributed by atoms with Crippen LogP contribution in [0.15, 0.2) is 24.5 Å². The molecule has 4 heterocycles. The normalized spacial score (nSPS) is 29.7. The van der Waals surface area contributed by atoms with Crippen LogP contribution in [0.4, 0.5) is 0 Å². The maximum atomic E-state index is 5.75. The lowest BCUT2D eigenvalue weighted by Gasteiger charge is -2.32. The number of aromatic amines is 1. The molecule has 6 heteroatoms. The predicted molar refractivity (Wildman–Crippen MR) is 117 cm³/mol. The van der Waals surface area contributed by atoms with Crippen molar-refractivity contribution in [3.05, 3.63) is 35.7 Å². The maximum absolute atomic E-state index is 5.75. The van der Waals surface area contributed by atoms with Crippen LogP contribution in [-0.2, 0) is 11.8 Å². The summed E-state index contributed by atoms with van der Waals surface area (Å²) in [6, 6.07) is 5.36. The van der Waals surface area contributed by atoms with Crippen molar-refractivity contribution in [2.45, 2.75) is 44.6 Å². The minimum Gasteiger partial charge on any atom is -0.380 e. The number of fused-ring (bicyclic) bond motifs is 2. The van der Waals surface area contributed by atoms with E-state index < -0.39 is 0 Å². The zero-order valence-electron chi connectivity index (χ0n) is 18.0. The molecule has 2 unspecified atom stereocenters. The summed E-state index contributed by atoms with van der Waals surface area (Å²) in [6.45, 7) is 6.69. The van der Waals surface area contributed by atoms with Crippen LogP contribution in [0.5, 0.6) is 0 Å². The minimum absolute atomic E-state index is 0.661. The second kappa shape index (κ2) is 7.20. The van der Waals surface area contributed by atoms with Crippen molar-refractivity contribution < 1.29 is 4.74 Å². The first kappa shape index (κ1) is 18.6. The highest BCUT2D eigenvalue weighted by Crippen LogP contribution is 2.48. The fourth-order valence-electron chi connectivity index (χ4n) is 6.29. The van der Waals surface area contributed by atoms with E-state index in [1.165, 1.54) is 55.3 Å². The summed E-state index contributed by atoms with van der Waals surface area (Å²) in [4.78, 5) is 2.73. The first-order valence-electron chi connectivity index (χ1n) is 11.4. The van der Waals surface area contributed by atoms with Crippen molar-refractivity contribution >= 4 is 10.9 Å². The van der Waals surface area contributed by atoms with E-state index in [2.05, 4.69) is 39.3 Å². The van der Waals surface area contributed by atoms with Crippen molar-refractivity contribution in [3.63, 3.8) is 0 Å². The molecule has 0 spiro atoms. The number of rotatable bonds is 3. The monoisotopic (exact) mass is 405 g/mol. The van der Waals surface area contributed by atoms with Gasteiger partial charge < -0.3 is 4.74 Å². The van der Waals surface area contributed by atoms with Crippen molar-refractivity contribution in [3.8, 4) is 11.3 Å². The largest absolute Gasteiger partial charge is 0.380 e. The minimum atomic E-state index is 0.661. The number of aromatic nitrogens is 4. The molecular formula is C24H31N5O. The van der Waals surface area contributed by atoms with Gasteiger partial charge in [-0.15, -0.1) is 0 Å². The highest BCUT2D eigenvalue weighted by atomic mass is 16.5. The summed E-state index contributed by atoms with van der Waals surface area (Å²) in [7, 11) is 1.95. The second-order valence-corrected chi connectivity index (χ2v) is 9.74. The average Bonchev–Trinajstić information content (AvgIpc) is 3.50. The lowest BCUT2D eigenvalue weighted by atomic mass is 9.90. The summed E-state index contributed by atoms with van der Waals surface area (Å²) < 4.78 is 7.59. The highest BCUT2D eigenvalue weighted by molar-refractivity contribution is 5.93. The third-order valence-corrected chi connectivity index (χ3v) is 7.80.